The summed E-state index contributed by atoms with van der Waals surface area (Å²) in [6.45, 7) is 5.68. The van der Waals surface area contributed by atoms with Crippen molar-refractivity contribution in [3.8, 4) is 0 Å². The van der Waals surface area contributed by atoms with Gasteiger partial charge in [0.1, 0.15) is 0 Å². The van der Waals surface area contributed by atoms with Gasteiger partial charge in [0.2, 0.25) is 6.29 Å². The summed E-state index contributed by atoms with van der Waals surface area (Å²) >= 11 is 0. The lowest BCUT2D eigenvalue weighted by molar-refractivity contribution is -0.178. The highest BCUT2D eigenvalue weighted by Crippen LogP contribution is 2.35. The first-order valence-electron chi connectivity index (χ1n) is 5.43. The molecule has 1 heterocycles. The molecule has 16 heavy (non-hydrogen) atoms. The monoisotopic (exact) mass is 227 g/mol. The molecule has 0 aromatic heterocycles. The van der Waals surface area contributed by atoms with Crippen LogP contribution in [0, 0.1) is 11.8 Å². The fourth-order valence-electron chi connectivity index (χ4n) is 2.05. The van der Waals surface area contributed by atoms with Crippen LogP contribution in [0.25, 0.3) is 10.4 Å². The van der Waals surface area contributed by atoms with E-state index in [2.05, 4.69) is 10.0 Å². The topological polar surface area (TPSA) is 84.3 Å². The van der Waals surface area contributed by atoms with Crippen molar-refractivity contribution in [2.45, 2.75) is 39.6 Å². The van der Waals surface area contributed by atoms with Crippen LogP contribution in [0.1, 0.15) is 27.2 Å². The zero-order valence-corrected chi connectivity index (χ0v) is 9.79. The molecule has 0 N–H and O–H groups in total. The van der Waals surface area contributed by atoms with Crippen LogP contribution in [0.4, 0.5) is 0 Å². The number of nitrogens with zero attached hydrogens (tertiary/aromatic N) is 3. The summed E-state index contributed by atoms with van der Waals surface area (Å²) in [6, 6.07) is 0. The Balaban J connectivity index is 2.71. The molecule has 1 unspecified atom stereocenters. The number of ether oxygens (including phenoxy) is 2. The van der Waals surface area contributed by atoms with Crippen LogP contribution in [0.5, 0.6) is 0 Å². The minimum atomic E-state index is -0.581. The van der Waals surface area contributed by atoms with Gasteiger partial charge in [-0.15, -0.1) is 0 Å². The minimum absolute atomic E-state index is 0.0512. The van der Waals surface area contributed by atoms with Gasteiger partial charge in [-0.1, -0.05) is 19.0 Å². The van der Waals surface area contributed by atoms with Crippen LogP contribution < -0.4 is 0 Å². The predicted molar refractivity (Wildman–Crippen MR) is 57.4 cm³/mol. The van der Waals surface area contributed by atoms with Gasteiger partial charge >= 0.3 is 5.97 Å². The van der Waals surface area contributed by atoms with Gasteiger partial charge < -0.3 is 9.47 Å². The summed E-state index contributed by atoms with van der Waals surface area (Å²) in [7, 11) is 0. The molecule has 0 aromatic carbocycles. The number of hydrogen-bond donors (Lipinski definition) is 0. The molecule has 0 aliphatic carbocycles. The van der Waals surface area contributed by atoms with Gasteiger partial charge in [0.05, 0.1) is 6.10 Å². The van der Waals surface area contributed by atoms with Crippen LogP contribution in [0.3, 0.4) is 0 Å². The molecule has 6 nitrogen and oxygen atoms in total. The number of rotatable bonds is 4. The second kappa shape index (κ2) is 5.72. The van der Waals surface area contributed by atoms with Crippen molar-refractivity contribution in [1.29, 1.82) is 0 Å². The smallest absolute Gasteiger partial charge is 0.304 e. The van der Waals surface area contributed by atoms with Crippen LogP contribution in [-0.4, -0.2) is 24.9 Å². The van der Waals surface area contributed by atoms with E-state index in [1.54, 1.807) is 0 Å². The zero-order chi connectivity index (χ0) is 12.1. The Kier molecular flexibility index (Phi) is 4.58. The molecule has 0 bridgehead atoms. The van der Waals surface area contributed by atoms with E-state index in [0.717, 1.165) is 6.42 Å². The number of carbonyl (C=O) groups is 1. The Morgan fingerprint density at radius 1 is 1.62 bits per heavy atom. The van der Waals surface area contributed by atoms with E-state index >= 15 is 0 Å². The highest BCUT2D eigenvalue weighted by molar-refractivity contribution is 5.66. The lowest BCUT2D eigenvalue weighted by Crippen LogP contribution is -2.26. The lowest BCUT2D eigenvalue weighted by atomic mass is 9.91. The average molecular weight is 227 g/mol. The van der Waals surface area contributed by atoms with Gasteiger partial charge in [0.15, 0.2) is 0 Å². The first kappa shape index (κ1) is 12.8. The third-order valence-electron chi connectivity index (χ3n) is 2.96. The molecule has 1 rings (SSSR count). The minimum Gasteiger partial charge on any atom is -0.436 e. The maximum Gasteiger partial charge on any atom is 0.304 e. The molecule has 0 saturated carbocycles. The van der Waals surface area contributed by atoms with E-state index in [1.807, 2.05) is 13.8 Å². The van der Waals surface area contributed by atoms with Crippen LogP contribution in [-0.2, 0) is 14.3 Å². The molecule has 0 amide bonds. The lowest BCUT2D eigenvalue weighted by Gasteiger charge is -2.18. The fraction of sp³-hybridized carbons (Fsp3) is 0.900. The Morgan fingerprint density at radius 3 is 2.81 bits per heavy atom. The quantitative estimate of drug-likeness (QED) is 0.319. The van der Waals surface area contributed by atoms with E-state index in [-0.39, 0.29) is 23.9 Å². The average Bonchev–Trinajstić information content (AvgIpc) is 2.52. The summed E-state index contributed by atoms with van der Waals surface area (Å²) < 4.78 is 10.7. The van der Waals surface area contributed by atoms with E-state index in [4.69, 9.17) is 15.0 Å². The Bertz CT molecular complexity index is 302. The first-order chi connectivity index (χ1) is 7.60. The molecule has 1 aliphatic rings. The molecule has 0 radical (unpaired) electrons. The highest BCUT2D eigenvalue weighted by Gasteiger charge is 2.42. The standard InChI is InChI=1S/C10H17N3O3/c1-4-9-6(2)8(5-12-13-11)10(16-9)15-7(3)14/h6,8-10H,4-5H2,1-3H3/t6-,8+,9+,10?/m0/s1. The summed E-state index contributed by atoms with van der Waals surface area (Å²) in [5.41, 5.74) is 8.31. The van der Waals surface area contributed by atoms with Gasteiger partial charge in [-0.25, -0.2) is 0 Å². The normalized spacial score (nSPS) is 33.2. The number of hydrogen-bond acceptors (Lipinski definition) is 4. The molecular weight excluding hydrogens is 210 g/mol. The van der Waals surface area contributed by atoms with Crippen molar-refractivity contribution >= 4 is 5.97 Å². The van der Waals surface area contributed by atoms with Crippen LogP contribution >= 0.6 is 0 Å². The van der Waals surface area contributed by atoms with Crippen molar-refractivity contribution in [3.05, 3.63) is 10.4 Å². The molecule has 1 saturated heterocycles. The van der Waals surface area contributed by atoms with Gasteiger partial charge in [-0.2, -0.15) is 0 Å². The molecule has 6 heteroatoms. The van der Waals surface area contributed by atoms with Gasteiger partial charge in [0, 0.05) is 24.3 Å². The molecule has 0 spiro atoms. The van der Waals surface area contributed by atoms with Gasteiger partial charge in [-0.05, 0) is 17.9 Å². The van der Waals surface area contributed by atoms with Crippen molar-refractivity contribution in [3.63, 3.8) is 0 Å². The predicted octanol–water partition coefficient (Wildman–Crippen LogP) is 2.25. The first-order valence-corrected chi connectivity index (χ1v) is 5.43. The fourth-order valence-corrected chi connectivity index (χ4v) is 2.05. The largest absolute Gasteiger partial charge is 0.436 e. The van der Waals surface area contributed by atoms with Crippen molar-refractivity contribution in [2.75, 3.05) is 6.54 Å². The molecular formula is C10H17N3O3. The van der Waals surface area contributed by atoms with Crippen molar-refractivity contribution < 1.29 is 14.3 Å². The summed E-state index contributed by atoms with van der Waals surface area (Å²) in [5.74, 6) is -0.204. The summed E-state index contributed by atoms with van der Waals surface area (Å²) in [5, 5.41) is 3.54. The zero-order valence-electron chi connectivity index (χ0n) is 9.79. The summed E-state index contributed by atoms with van der Waals surface area (Å²) in [6.07, 6.45) is 0.331. The number of esters is 1. The van der Waals surface area contributed by atoms with Crippen LogP contribution in [0.15, 0.2) is 5.11 Å². The summed E-state index contributed by atoms with van der Waals surface area (Å²) in [4.78, 5) is 13.6. The SMILES string of the molecule is CC[C@H]1OC(OC(C)=O)[C@H](CN=[N+]=[N-])[C@@H]1C. The molecule has 0 aromatic rings. The Hall–Kier alpha value is -1.26. The highest BCUT2D eigenvalue weighted by atomic mass is 16.7. The van der Waals surface area contributed by atoms with E-state index in [1.165, 1.54) is 6.92 Å². The third kappa shape index (κ3) is 2.87. The van der Waals surface area contributed by atoms with Gasteiger partial charge in [-0.3, -0.25) is 4.79 Å². The maximum absolute atomic E-state index is 10.9. The molecule has 1 fully saturated rings. The molecule has 1 aliphatic heterocycles. The van der Waals surface area contributed by atoms with Crippen molar-refractivity contribution in [2.24, 2.45) is 17.0 Å². The van der Waals surface area contributed by atoms with E-state index < -0.39 is 6.29 Å². The second-order valence-corrected chi connectivity index (χ2v) is 4.00. The Labute approximate surface area is 94.5 Å². The molecule has 4 atom stereocenters. The third-order valence-corrected chi connectivity index (χ3v) is 2.96. The van der Waals surface area contributed by atoms with E-state index in [9.17, 15) is 4.79 Å². The van der Waals surface area contributed by atoms with Crippen molar-refractivity contribution in [1.82, 2.24) is 0 Å². The van der Waals surface area contributed by atoms with E-state index in [0.29, 0.717) is 6.54 Å². The molecule has 90 valence electrons. The number of azide groups is 1. The Morgan fingerprint density at radius 2 is 2.31 bits per heavy atom. The van der Waals surface area contributed by atoms with Crippen LogP contribution in [0.2, 0.25) is 0 Å². The van der Waals surface area contributed by atoms with Gasteiger partial charge in [0.25, 0.3) is 0 Å². The second-order valence-electron chi connectivity index (χ2n) is 4.00. The maximum atomic E-state index is 10.9. The number of carbonyl (C=O) groups excluding carboxylic acids is 1.